The average molecular weight is 341 g/mol. The molecule has 1 N–H and O–H groups in total. The van der Waals surface area contributed by atoms with Crippen molar-refractivity contribution < 1.29 is 0 Å². The molecule has 0 spiro atoms. The molecule has 0 aliphatic carbocycles. The highest BCUT2D eigenvalue weighted by molar-refractivity contribution is 5.97. The van der Waals surface area contributed by atoms with E-state index in [0.29, 0.717) is 0 Å². The minimum absolute atomic E-state index is 0.918. The van der Waals surface area contributed by atoms with E-state index in [2.05, 4.69) is 56.2 Å². The number of aromatic amines is 1. The van der Waals surface area contributed by atoms with Crippen molar-refractivity contribution in [1.29, 1.82) is 0 Å². The molecular formula is C21H19N5. The molecule has 0 bridgehead atoms. The van der Waals surface area contributed by atoms with Crippen LogP contribution in [0.1, 0.15) is 12.0 Å². The van der Waals surface area contributed by atoms with Gasteiger partial charge in [0.15, 0.2) is 0 Å². The van der Waals surface area contributed by atoms with E-state index in [9.17, 15) is 0 Å². The molecule has 5 nitrogen and oxygen atoms in total. The van der Waals surface area contributed by atoms with Crippen LogP contribution < -0.4 is 0 Å². The maximum absolute atomic E-state index is 4.65. The lowest BCUT2D eigenvalue weighted by atomic mass is 9.98. The van der Waals surface area contributed by atoms with Gasteiger partial charge < -0.3 is 9.88 Å². The van der Waals surface area contributed by atoms with Crippen molar-refractivity contribution >= 4 is 27.5 Å². The molecule has 0 saturated carbocycles. The first-order valence-electron chi connectivity index (χ1n) is 8.83. The Morgan fingerprint density at radius 3 is 2.92 bits per heavy atom. The lowest BCUT2D eigenvalue weighted by Crippen LogP contribution is -2.23. The molecule has 4 aromatic rings. The smallest absolute Gasteiger partial charge is 0.137 e. The molecule has 128 valence electrons. The van der Waals surface area contributed by atoms with E-state index >= 15 is 0 Å². The summed E-state index contributed by atoms with van der Waals surface area (Å²) in [5.74, 6) is 0. The summed E-state index contributed by atoms with van der Waals surface area (Å²) in [5.41, 5.74) is 6.79. The quantitative estimate of drug-likeness (QED) is 0.601. The maximum atomic E-state index is 4.65. The highest BCUT2D eigenvalue weighted by Crippen LogP contribution is 2.32. The number of nitrogens with one attached hydrogen (secondary N) is 1. The summed E-state index contributed by atoms with van der Waals surface area (Å²) in [6.07, 6.45) is 10.8. The number of rotatable bonds is 2. The van der Waals surface area contributed by atoms with Crippen LogP contribution in [0.25, 0.3) is 38.6 Å². The fourth-order valence-corrected chi connectivity index (χ4v) is 3.60. The van der Waals surface area contributed by atoms with E-state index in [4.69, 9.17) is 0 Å². The average Bonchev–Trinajstić information content (AvgIpc) is 3.11. The predicted octanol–water partition coefficient (Wildman–Crippen LogP) is 3.89. The fourth-order valence-electron chi connectivity index (χ4n) is 3.60. The van der Waals surface area contributed by atoms with Gasteiger partial charge >= 0.3 is 0 Å². The van der Waals surface area contributed by atoms with Crippen molar-refractivity contribution in [3.63, 3.8) is 0 Å². The first-order chi connectivity index (χ1) is 12.8. The summed E-state index contributed by atoms with van der Waals surface area (Å²) in [5, 5.41) is 2.19. The molecule has 5 heteroatoms. The number of fused-ring (bicyclic) bond motifs is 2. The zero-order chi connectivity index (χ0) is 17.5. The molecule has 3 aromatic heterocycles. The van der Waals surface area contributed by atoms with E-state index in [-0.39, 0.29) is 0 Å². The molecule has 0 radical (unpaired) electrons. The summed E-state index contributed by atoms with van der Waals surface area (Å²) in [6, 6.07) is 8.55. The molecule has 0 fully saturated rings. The Hall–Kier alpha value is -3.05. The largest absolute Gasteiger partial charge is 0.346 e. The van der Waals surface area contributed by atoms with Crippen LogP contribution in [0.3, 0.4) is 0 Å². The van der Waals surface area contributed by atoms with Crippen molar-refractivity contribution in [2.45, 2.75) is 6.42 Å². The van der Waals surface area contributed by atoms with Gasteiger partial charge in [0, 0.05) is 48.0 Å². The Morgan fingerprint density at radius 2 is 2.04 bits per heavy atom. The van der Waals surface area contributed by atoms with Gasteiger partial charge in [-0.3, -0.25) is 0 Å². The number of aromatic nitrogens is 4. The monoisotopic (exact) mass is 341 g/mol. The summed E-state index contributed by atoms with van der Waals surface area (Å²) in [4.78, 5) is 18.7. The van der Waals surface area contributed by atoms with Gasteiger partial charge in [-0.05, 0) is 48.4 Å². The number of pyridine rings is 1. The topological polar surface area (TPSA) is 57.7 Å². The predicted molar refractivity (Wildman–Crippen MR) is 105 cm³/mol. The van der Waals surface area contributed by atoms with E-state index in [1.165, 1.54) is 11.1 Å². The second kappa shape index (κ2) is 6.04. The summed E-state index contributed by atoms with van der Waals surface area (Å²) in [6.45, 7) is 2.09. The van der Waals surface area contributed by atoms with Crippen LogP contribution >= 0.6 is 0 Å². The van der Waals surface area contributed by atoms with Crippen LogP contribution in [-0.4, -0.2) is 45.0 Å². The van der Waals surface area contributed by atoms with Crippen molar-refractivity contribution in [2.24, 2.45) is 0 Å². The van der Waals surface area contributed by atoms with Gasteiger partial charge in [0.2, 0.25) is 0 Å². The van der Waals surface area contributed by atoms with Crippen molar-refractivity contribution in [3.8, 4) is 11.1 Å². The lowest BCUT2D eigenvalue weighted by molar-refractivity contribution is 0.370. The molecule has 1 aromatic carbocycles. The Kier molecular flexibility index (Phi) is 3.53. The van der Waals surface area contributed by atoms with E-state index < -0.39 is 0 Å². The van der Waals surface area contributed by atoms with Crippen molar-refractivity contribution in [3.05, 3.63) is 60.8 Å². The van der Waals surface area contributed by atoms with Gasteiger partial charge in [-0.2, -0.15) is 0 Å². The second-order valence-corrected chi connectivity index (χ2v) is 6.86. The first-order valence-corrected chi connectivity index (χ1v) is 8.83. The molecule has 0 amide bonds. The minimum atomic E-state index is 0.918. The van der Waals surface area contributed by atoms with Crippen LogP contribution in [0, 0.1) is 0 Å². The van der Waals surface area contributed by atoms with E-state index in [1.807, 2.05) is 24.7 Å². The molecule has 26 heavy (non-hydrogen) atoms. The molecule has 0 atom stereocenters. The van der Waals surface area contributed by atoms with Gasteiger partial charge in [0.25, 0.3) is 0 Å². The normalized spacial score (nSPS) is 15.5. The standard InChI is InChI=1S/C21H19N5/c1-26-6-4-14(5-7-26)16-9-18-19(12-24-21(18)23-11-16)15-2-3-20-17(8-15)10-22-13-25-20/h2-4,8-13H,5-7H2,1H3,(H,23,24). The molecule has 1 aliphatic heterocycles. The maximum Gasteiger partial charge on any atom is 0.137 e. The van der Waals surface area contributed by atoms with Crippen LogP contribution in [0.15, 0.2) is 55.3 Å². The Labute approximate surface area is 151 Å². The van der Waals surface area contributed by atoms with Crippen LogP contribution in [0.4, 0.5) is 0 Å². The van der Waals surface area contributed by atoms with Crippen molar-refractivity contribution in [1.82, 2.24) is 24.8 Å². The molecule has 0 saturated heterocycles. The van der Waals surface area contributed by atoms with Crippen LogP contribution in [0.2, 0.25) is 0 Å². The number of nitrogens with zero attached hydrogens (tertiary/aromatic N) is 4. The zero-order valence-corrected chi connectivity index (χ0v) is 14.6. The van der Waals surface area contributed by atoms with Crippen LogP contribution in [-0.2, 0) is 0 Å². The molecule has 1 aliphatic rings. The van der Waals surface area contributed by atoms with Crippen molar-refractivity contribution in [2.75, 3.05) is 20.1 Å². The number of H-pyrrole nitrogens is 1. The summed E-state index contributed by atoms with van der Waals surface area (Å²) < 4.78 is 0. The second-order valence-electron chi connectivity index (χ2n) is 6.86. The first kappa shape index (κ1) is 15.2. The Balaban J connectivity index is 1.62. The van der Waals surface area contributed by atoms with Gasteiger partial charge in [-0.25, -0.2) is 15.0 Å². The zero-order valence-electron chi connectivity index (χ0n) is 14.6. The highest BCUT2D eigenvalue weighted by Gasteiger charge is 2.13. The third kappa shape index (κ3) is 2.57. The highest BCUT2D eigenvalue weighted by atomic mass is 15.1. The number of hydrogen-bond donors (Lipinski definition) is 1. The minimum Gasteiger partial charge on any atom is -0.346 e. The van der Waals surface area contributed by atoms with E-state index in [0.717, 1.165) is 52.6 Å². The number of likely N-dealkylation sites (N-methyl/N-ethyl adjacent to an activating group) is 1. The SMILES string of the molecule is CN1CC=C(c2cnc3[nH]cc(-c4ccc5ncncc5c4)c3c2)CC1. The molecule has 5 rings (SSSR count). The number of hydrogen-bond acceptors (Lipinski definition) is 4. The summed E-state index contributed by atoms with van der Waals surface area (Å²) in [7, 11) is 2.16. The Morgan fingerprint density at radius 1 is 1.08 bits per heavy atom. The van der Waals surface area contributed by atoms with E-state index in [1.54, 1.807) is 6.33 Å². The third-order valence-corrected chi connectivity index (χ3v) is 5.13. The van der Waals surface area contributed by atoms with Crippen LogP contribution in [0.5, 0.6) is 0 Å². The summed E-state index contributed by atoms with van der Waals surface area (Å²) >= 11 is 0. The van der Waals surface area contributed by atoms with Gasteiger partial charge in [0.05, 0.1) is 5.52 Å². The van der Waals surface area contributed by atoms with Gasteiger partial charge in [-0.15, -0.1) is 0 Å². The van der Waals surface area contributed by atoms with Gasteiger partial charge in [0.1, 0.15) is 12.0 Å². The molecule has 4 heterocycles. The Bertz CT molecular complexity index is 1140. The molecular weight excluding hydrogens is 322 g/mol. The molecule has 0 unspecified atom stereocenters. The fraction of sp³-hybridized carbons (Fsp3) is 0.190. The van der Waals surface area contributed by atoms with Gasteiger partial charge in [-0.1, -0.05) is 12.1 Å². The lowest BCUT2D eigenvalue weighted by Gasteiger charge is -2.22. The number of benzene rings is 1. The third-order valence-electron chi connectivity index (χ3n) is 5.13.